The SMILES string of the molecule is CC(=O)c1ccccc1NC(C#N)c1ccccc1C(F)(F)F. The Labute approximate surface area is 131 Å². The van der Waals surface area contributed by atoms with Gasteiger partial charge in [-0.3, -0.25) is 4.79 Å². The molecule has 0 aliphatic carbocycles. The van der Waals surface area contributed by atoms with Gasteiger partial charge in [-0.15, -0.1) is 0 Å². The van der Waals surface area contributed by atoms with Gasteiger partial charge < -0.3 is 5.32 Å². The molecule has 0 aromatic heterocycles. The molecule has 1 atom stereocenters. The summed E-state index contributed by atoms with van der Waals surface area (Å²) in [6, 6.07) is 11.9. The van der Waals surface area contributed by atoms with Crippen molar-refractivity contribution in [3.63, 3.8) is 0 Å². The van der Waals surface area contributed by atoms with Crippen molar-refractivity contribution in [3.8, 4) is 6.07 Å². The lowest BCUT2D eigenvalue weighted by Crippen LogP contribution is -2.17. The van der Waals surface area contributed by atoms with Gasteiger partial charge in [-0.05, 0) is 25.1 Å². The zero-order chi connectivity index (χ0) is 17.0. The standard InChI is InChI=1S/C17H13F3N2O/c1-11(23)12-6-3-5-9-15(12)22-16(10-21)13-7-2-4-8-14(13)17(18,19)20/h2-9,16,22H,1H3. The molecule has 0 heterocycles. The van der Waals surface area contributed by atoms with Crippen LogP contribution in [-0.4, -0.2) is 5.78 Å². The van der Waals surface area contributed by atoms with Crippen molar-refractivity contribution in [3.05, 3.63) is 65.2 Å². The number of Topliss-reactive ketones (excluding diaryl/α,β-unsaturated/α-hetero) is 1. The van der Waals surface area contributed by atoms with Gasteiger partial charge in [-0.25, -0.2) is 0 Å². The number of nitrogens with zero attached hydrogens (tertiary/aromatic N) is 1. The Balaban J connectivity index is 2.44. The molecule has 2 rings (SSSR count). The van der Waals surface area contributed by atoms with E-state index in [1.54, 1.807) is 24.3 Å². The van der Waals surface area contributed by atoms with E-state index in [1.165, 1.54) is 25.1 Å². The molecule has 0 spiro atoms. The number of ketones is 1. The Kier molecular flexibility index (Phi) is 4.70. The van der Waals surface area contributed by atoms with Crippen LogP contribution >= 0.6 is 0 Å². The number of nitrogens with one attached hydrogen (secondary N) is 1. The molecule has 2 aromatic carbocycles. The van der Waals surface area contributed by atoms with E-state index in [2.05, 4.69) is 5.32 Å². The number of benzene rings is 2. The van der Waals surface area contributed by atoms with Gasteiger partial charge >= 0.3 is 6.18 Å². The van der Waals surface area contributed by atoms with Crippen LogP contribution in [-0.2, 0) is 6.18 Å². The topological polar surface area (TPSA) is 52.9 Å². The lowest BCUT2D eigenvalue weighted by molar-refractivity contribution is -0.138. The summed E-state index contributed by atoms with van der Waals surface area (Å²) in [6.45, 7) is 1.35. The van der Waals surface area contributed by atoms with Gasteiger partial charge in [0.15, 0.2) is 5.78 Å². The number of hydrogen-bond donors (Lipinski definition) is 1. The summed E-state index contributed by atoms with van der Waals surface area (Å²) in [6.07, 6.45) is -4.56. The molecule has 1 N–H and O–H groups in total. The minimum absolute atomic E-state index is 0.180. The summed E-state index contributed by atoms with van der Waals surface area (Å²) in [7, 11) is 0. The first-order valence-corrected chi connectivity index (χ1v) is 6.77. The second-order valence-corrected chi connectivity index (χ2v) is 4.89. The lowest BCUT2D eigenvalue weighted by Gasteiger charge is -2.19. The number of para-hydroxylation sites is 1. The molecule has 0 aliphatic rings. The zero-order valence-corrected chi connectivity index (χ0v) is 12.2. The zero-order valence-electron chi connectivity index (χ0n) is 12.2. The number of anilines is 1. The summed E-state index contributed by atoms with van der Waals surface area (Å²) < 4.78 is 39.3. The Morgan fingerprint density at radius 3 is 2.35 bits per heavy atom. The van der Waals surface area contributed by atoms with Gasteiger partial charge in [0.05, 0.1) is 11.6 Å². The summed E-state index contributed by atoms with van der Waals surface area (Å²) >= 11 is 0. The van der Waals surface area contributed by atoms with Gasteiger partial charge in [0.2, 0.25) is 0 Å². The third-order valence-electron chi connectivity index (χ3n) is 3.31. The maximum absolute atomic E-state index is 13.1. The van der Waals surface area contributed by atoms with Gasteiger partial charge in [0.25, 0.3) is 0 Å². The number of alkyl halides is 3. The van der Waals surface area contributed by atoms with E-state index < -0.39 is 17.8 Å². The van der Waals surface area contributed by atoms with Crippen molar-refractivity contribution in [2.75, 3.05) is 5.32 Å². The lowest BCUT2D eigenvalue weighted by atomic mass is 9.99. The Morgan fingerprint density at radius 2 is 1.74 bits per heavy atom. The average Bonchev–Trinajstić information content (AvgIpc) is 2.52. The second-order valence-electron chi connectivity index (χ2n) is 4.89. The van der Waals surface area contributed by atoms with Crippen molar-refractivity contribution in [1.29, 1.82) is 5.26 Å². The Hall–Kier alpha value is -2.81. The maximum Gasteiger partial charge on any atom is 0.416 e. The molecule has 23 heavy (non-hydrogen) atoms. The van der Waals surface area contributed by atoms with E-state index >= 15 is 0 Å². The third kappa shape index (κ3) is 3.69. The first kappa shape index (κ1) is 16.6. The van der Waals surface area contributed by atoms with Crippen LogP contribution in [0.3, 0.4) is 0 Å². The van der Waals surface area contributed by atoms with E-state index in [1.807, 2.05) is 6.07 Å². The van der Waals surface area contributed by atoms with E-state index in [9.17, 15) is 23.2 Å². The van der Waals surface area contributed by atoms with Crippen LogP contribution in [0.15, 0.2) is 48.5 Å². The predicted molar refractivity (Wildman–Crippen MR) is 79.9 cm³/mol. The Bertz CT molecular complexity index is 763. The number of nitriles is 1. The first-order valence-electron chi connectivity index (χ1n) is 6.77. The largest absolute Gasteiger partial charge is 0.416 e. The molecule has 0 saturated heterocycles. The smallest absolute Gasteiger partial charge is 0.366 e. The average molecular weight is 318 g/mol. The highest BCUT2D eigenvalue weighted by molar-refractivity contribution is 5.99. The molecule has 118 valence electrons. The van der Waals surface area contributed by atoms with Crippen LogP contribution in [0.1, 0.15) is 34.5 Å². The molecule has 0 amide bonds. The molecular formula is C17H13F3N2O. The normalized spacial score (nSPS) is 12.3. The number of hydrogen-bond acceptors (Lipinski definition) is 3. The van der Waals surface area contributed by atoms with Crippen LogP contribution in [0.25, 0.3) is 0 Å². The highest BCUT2D eigenvalue weighted by Gasteiger charge is 2.35. The minimum Gasteiger partial charge on any atom is -0.366 e. The van der Waals surface area contributed by atoms with Gasteiger partial charge in [0.1, 0.15) is 6.04 Å². The van der Waals surface area contributed by atoms with Crippen LogP contribution in [0.4, 0.5) is 18.9 Å². The van der Waals surface area contributed by atoms with E-state index in [0.717, 1.165) is 6.07 Å². The fourth-order valence-electron chi connectivity index (χ4n) is 2.26. The number of rotatable bonds is 4. The summed E-state index contributed by atoms with van der Waals surface area (Å²) in [5.41, 5.74) is -0.416. The van der Waals surface area contributed by atoms with Gasteiger partial charge in [-0.2, -0.15) is 18.4 Å². The number of carbonyl (C=O) groups excluding carboxylic acids is 1. The summed E-state index contributed by atoms with van der Waals surface area (Å²) in [4.78, 5) is 11.6. The summed E-state index contributed by atoms with van der Waals surface area (Å²) in [5, 5.41) is 12.0. The quantitative estimate of drug-likeness (QED) is 0.839. The molecule has 1 unspecified atom stereocenters. The van der Waals surface area contributed by atoms with Gasteiger partial charge in [-0.1, -0.05) is 30.3 Å². The number of halogens is 3. The molecule has 0 bridgehead atoms. The molecule has 0 fully saturated rings. The fraction of sp³-hybridized carbons (Fsp3) is 0.176. The van der Waals surface area contributed by atoms with E-state index in [-0.39, 0.29) is 11.3 Å². The maximum atomic E-state index is 13.1. The number of carbonyl (C=O) groups is 1. The highest BCUT2D eigenvalue weighted by atomic mass is 19.4. The van der Waals surface area contributed by atoms with Crippen LogP contribution in [0.5, 0.6) is 0 Å². The first-order chi connectivity index (χ1) is 10.8. The second kappa shape index (κ2) is 6.53. The monoisotopic (exact) mass is 318 g/mol. The van der Waals surface area contributed by atoms with E-state index in [0.29, 0.717) is 11.3 Å². The van der Waals surface area contributed by atoms with Crippen LogP contribution in [0, 0.1) is 11.3 Å². The van der Waals surface area contributed by atoms with Crippen molar-refractivity contribution < 1.29 is 18.0 Å². The molecule has 2 aromatic rings. The van der Waals surface area contributed by atoms with Crippen LogP contribution in [0.2, 0.25) is 0 Å². The van der Waals surface area contributed by atoms with E-state index in [4.69, 9.17) is 0 Å². The molecule has 3 nitrogen and oxygen atoms in total. The van der Waals surface area contributed by atoms with Crippen molar-refractivity contribution in [1.82, 2.24) is 0 Å². The summed E-state index contributed by atoms with van der Waals surface area (Å²) in [5.74, 6) is -0.242. The predicted octanol–water partition coefficient (Wildman–Crippen LogP) is 4.58. The van der Waals surface area contributed by atoms with Crippen molar-refractivity contribution in [2.24, 2.45) is 0 Å². The molecule has 6 heteroatoms. The highest BCUT2D eigenvalue weighted by Crippen LogP contribution is 2.35. The molecule has 0 saturated carbocycles. The fourth-order valence-corrected chi connectivity index (χ4v) is 2.26. The Morgan fingerprint density at radius 1 is 1.13 bits per heavy atom. The van der Waals surface area contributed by atoms with Gasteiger partial charge in [0, 0.05) is 16.8 Å². The van der Waals surface area contributed by atoms with Crippen molar-refractivity contribution in [2.45, 2.75) is 19.1 Å². The molecule has 0 radical (unpaired) electrons. The van der Waals surface area contributed by atoms with Crippen LogP contribution < -0.4 is 5.32 Å². The minimum atomic E-state index is -4.56. The van der Waals surface area contributed by atoms with Crippen molar-refractivity contribution >= 4 is 11.5 Å². The molecular weight excluding hydrogens is 305 g/mol. The molecule has 0 aliphatic heterocycles. The third-order valence-corrected chi connectivity index (χ3v) is 3.31.